The number of amides is 1. The summed E-state index contributed by atoms with van der Waals surface area (Å²) in [5.74, 6) is 5.54. The zero-order valence-electron chi connectivity index (χ0n) is 12.9. The lowest BCUT2D eigenvalue weighted by molar-refractivity contribution is 0.0600. The molecule has 112 valence electrons. The summed E-state index contributed by atoms with van der Waals surface area (Å²) in [6.45, 7) is 6.02. The third-order valence-electron chi connectivity index (χ3n) is 4.53. The van der Waals surface area contributed by atoms with Gasteiger partial charge >= 0.3 is 0 Å². The van der Waals surface area contributed by atoms with Gasteiger partial charge in [0.15, 0.2) is 0 Å². The van der Waals surface area contributed by atoms with E-state index in [2.05, 4.69) is 25.7 Å². The smallest absolute Gasteiger partial charge is 0.253 e. The number of piperidine rings is 1. The van der Waals surface area contributed by atoms with Crippen molar-refractivity contribution < 1.29 is 9.90 Å². The fourth-order valence-corrected chi connectivity index (χ4v) is 2.66. The zero-order chi connectivity index (χ0) is 15.3. The number of hydrogen-bond acceptors (Lipinski definition) is 2. The molecule has 0 bridgehead atoms. The van der Waals surface area contributed by atoms with Crippen molar-refractivity contribution >= 4 is 5.91 Å². The number of benzene rings is 1. The number of carbonyl (C=O) groups excluding carboxylic acids is 1. The van der Waals surface area contributed by atoms with E-state index in [1.807, 2.05) is 23.1 Å². The summed E-state index contributed by atoms with van der Waals surface area (Å²) in [5, 5.41) is 8.73. The van der Waals surface area contributed by atoms with Crippen LogP contribution in [-0.4, -0.2) is 35.6 Å². The van der Waals surface area contributed by atoms with E-state index in [-0.39, 0.29) is 12.5 Å². The quantitative estimate of drug-likeness (QED) is 0.849. The Morgan fingerprint density at radius 2 is 2.10 bits per heavy atom. The molecule has 2 rings (SSSR count). The molecule has 3 heteroatoms. The van der Waals surface area contributed by atoms with Gasteiger partial charge in [-0.25, -0.2) is 0 Å². The number of rotatable bonds is 2. The maximum atomic E-state index is 12.6. The molecule has 1 amide bonds. The molecule has 3 nitrogen and oxygen atoms in total. The van der Waals surface area contributed by atoms with E-state index in [1.54, 1.807) is 6.07 Å². The fourth-order valence-electron chi connectivity index (χ4n) is 2.66. The number of aliphatic hydroxyl groups excluding tert-OH is 1. The summed E-state index contributed by atoms with van der Waals surface area (Å²) in [5.41, 5.74) is 1.83. The Morgan fingerprint density at radius 1 is 1.38 bits per heavy atom. The van der Waals surface area contributed by atoms with Crippen molar-refractivity contribution in [2.45, 2.75) is 33.1 Å². The second kappa shape index (κ2) is 6.78. The maximum absolute atomic E-state index is 12.6. The van der Waals surface area contributed by atoms with Crippen molar-refractivity contribution in [1.29, 1.82) is 0 Å². The minimum absolute atomic E-state index is 0.0841. The topological polar surface area (TPSA) is 40.5 Å². The Bertz CT molecular complexity index is 560. The first kappa shape index (κ1) is 15.6. The van der Waals surface area contributed by atoms with Crippen molar-refractivity contribution in [2.75, 3.05) is 19.7 Å². The van der Waals surface area contributed by atoms with Crippen LogP contribution in [0.15, 0.2) is 24.3 Å². The summed E-state index contributed by atoms with van der Waals surface area (Å²) in [7, 11) is 0. The van der Waals surface area contributed by atoms with Crippen LogP contribution >= 0.6 is 0 Å². The molecule has 1 saturated heterocycles. The van der Waals surface area contributed by atoms with Crippen LogP contribution in [0.25, 0.3) is 0 Å². The molecule has 0 radical (unpaired) electrons. The number of likely N-dealkylation sites (tertiary alicyclic amines) is 1. The van der Waals surface area contributed by atoms with Gasteiger partial charge < -0.3 is 10.0 Å². The van der Waals surface area contributed by atoms with Gasteiger partial charge in [0.25, 0.3) is 5.91 Å². The molecule has 0 aromatic heterocycles. The van der Waals surface area contributed by atoms with Gasteiger partial charge in [0.05, 0.1) is 0 Å². The molecule has 1 N–H and O–H groups in total. The van der Waals surface area contributed by atoms with Gasteiger partial charge in [0.2, 0.25) is 0 Å². The van der Waals surface area contributed by atoms with Gasteiger partial charge in [-0.2, -0.15) is 0 Å². The molecule has 1 aliphatic heterocycles. The molecule has 0 atom stereocenters. The summed E-state index contributed by atoms with van der Waals surface area (Å²) in [4.78, 5) is 14.5. The van der Waals surface area contributed by atoms with Crippen LogP contribution in [0.1, 0.15) is 49.0 Å². The number of aliphatic hydroxyl groups is 1. The van der Waals surface area contributed by atoms with Gasteiger partial charge in [-0.1, -0.05) is 38.2 Å². The number of nitrogens with zero attached hydrogens (tertiary/aromatic N) is 1. The first-order chi connectivity index (χ1) is 10.1. The predicted octanol–water partition coefficient (Wildman–Crippen LogP) is 2.68. The molecule has 1 heterocycles. The standard InChI is InChI=1S/C18H23NO2/c1-3-18(2)9-11-19(12-10-18)17(21)16-8-4-6-15(14-16)7-5-13-20/h4,6,8,14,20H,3,9-13H2,1-2H3. The molecule has 21 heavy (non-hydrogen) atoms. The summed E-state index contributed by atoms with van der Waals surface area (Å²) >= 11 is 0. The highest BCUT2D eigenvalue weighted by Gasteiger charge is 2.30. The highest BCUT2D eigenvalue weighted by atomic mass is 16.2. The van der Waals surface area contributed by atoms with Gasteiger partial charge in [-0.15, -0.1) is 0 Å². The molecule has 0 unspecified atom stereocenters. The lowest BCUT2D eigenvalue weighted by Gasteiger charge is -2.39. The molecular formula is C18H23NO2. The van der Waals surface area contributed by atoms with E-state index in [9.17, 15) is 4.79 Å². The van der Waals surface area contributed by atoms with Crippen LogP contribution < -0.4 is 0 Å². The van der Waals surface area contributed by atoms with Crippen molar-refractivity contribution in [3.63, 3.8) is 0 Å². The fraction of sp³-hybridized carbons (Fsp3) is 0.500. The maximum Gasteiger partial charge on any atom is 0.253 e. The van der Waals surface area contributed by atoms with E-state index < -0.39 is 0 Å². The Labute approximate surface area is 127 Å². The van der Waals surface area contributed by atoms with Crippen LogP contribution in [0.2, 0.25) is 0 Å². The summed E-state index contributed by atoms with van der Waals surface area (Å²) in [6.07, 6.45) is 3.31. The first-order valence-corrected chi connectivity index (χ1v) is 7.57. The third kappa shape index (κ3) is 3.86. The molecule has 1 aromatic rings. The van der Waals surface area contributed by atoms with Crippen LogP contribution in [0, 0.1) is 17.3 Å². The number of carbonyl (C=O) groups is 1. The molecule has 1 fully saturated rings. The van der Waals surface area contributed by atoms with E-state index in [1.165, 1.54) is 6.42 Å². The largest absolute Gasteiger partial charge is 0.384 e. The zero-order valence-corrected chi connectivity index (χ0v) is 12.9. The molecule has 0 spiro atoms. The van der Waals surface area contributed by atoms with Crippen LogP contribution in [0.5, 0.6) is 0 Å². The van der Waals surface area contributed by atoms with Crippen molar-refractivity contribution in [2.24, 2.45) is 5.41 Å². The van der Waals surface area contributed by atoms with Gasteiger partial charge in [0.1, 0.15) is 6.61 Å². The normalized spacial score (nSPS) is 17.0. The highest BCUT2D eigenvalue weighted by Crippen LogP contribution is 2.34. The van der Waals surface area contributed by atoms with Crippen molar-refractivity contribution in [3.05, 3.63) is 35.4 Å². The Balaban J connectivity index is 2.07. The van der Waals surface area contributed by atoms with Gasteiger partial charge in [-0.05, 0) is 36.5 Å². The summed E-state index contributed by atoms with van der Waals surface area (Å²) in [6, 6.07) is 7.33. The minimum Gasteiger partial charge on any atom is -0.384 e. The SMILES string of the molecule is CCC1(C)CCN(C(=O)c2cccc(C#CCO)c2)CC1. The molecule has 1 aliphatic rings. The Hall–Kier alpha value is -1.79. The van der Waals surface area contributed by atoms with E-state index in [0.717, 1.165) is 31.5 Å². The van der Waals surface area contributed by atoms with E-state index in [4.69, 9.17) is 5.11 Å². The first-order valence-electron chi connectivity index (χ1n) is 7.57. The molecular weight excluding hydrogens is 262 g/mol. The predicted molar refractivity (Wildman–Crippen MR) is 83.9 cm³/mol. The van der Waals surface area contributed by atoms with Gasteiger partial charge in [-0.3, -0.25) is 4.79 Å². The average molecular weight is 285 g/mol. The van der Waals surface area contributed by atoms with Crippen molar-refractivity contribution in [1.82, 2.24) is 4.90 Å². The highest BCUT2D eigenvalue weighted by molar-refractivity contribution is 5.94. The molecule has 0 saturated carbocycles. The lowest BCUT2D eigenvalue weighted by Crippen LogP contribution is -2.41. The lowest BCUT2D eigenvalue weighted by atomic mass is 9.78. The summed E-state index contributed by atoms with van der Waals surface area (Å²) < 4.78 is 0. The monoisotopic (exact) mass is 285 g/mol. The molecule has 1 aromatic carbocycles. The molecule has 0 aliphatic carbocycles. The van der Waals surface area contributed by atoms with E-state index in [0.29, 0.717) is 11.0 Å². The van der Waals surface area contributed by atoms with Crippen LogP contribution in [0.3, 0.4) is 0 Å². The van der Waals surface area contributed by atoms with Crippen LogP contribution in [-0.2, 0) is 0 Å². The minimum atomic E-state index is -0.167. The van der Waals surface area contributed by atoms with E-state index >= 15 is 0 Å². The van der Waals surface area contributed by atoms with Crippen molar-refractivity contribution in [3.8, 4) is 11.8 Å². The second-order valence-electron chi connectivity index (χ2n) is 6.00. The average Bonchev–Trinajstić information content (AvgIpc) is 2.53. The Morgan fingerprint density at radius 3 is 2.71 bits per heavy atom. The second-order valence-corrected chi connectivity index (χ2v) is 6.00. The third-order valence-corrected chi connectivity index (χ3v) is 4.53. The van der Waals surface area contributed by atoms with Gasteiger partial charge in [0, 0.05) is 24.2 Å². The number of hydrogen-bond donors (Lipinski definition) is 1. The Kier molecular flexibility index (Phi) is 5.03. The van der Waals surface area contributed by atoms with Crippen LogP contribution in [0.4, 0.5) is 0 Å².